The highest BCUT2D eigenvalue weighted by Crippen LogP contribution is 2.32. The van der Waals surface area contributed by atoms with Crippen LogP contribution in [0.4, 0.5) is 10.1 Å². The number of hydrogen-bond donors (Lipinski definition) is 2. The van der Waals surface area contributed by atoms with Crippen LogP contribution in [0.25, 0.3) is 0 Å². The molecule has 4 nitrogen and oxygen atoms in total. The lowest BCUT2D eigenvalue weighted by Gasteiger charge is -2.09. The van der Waals surface area contributed by atoms with Gasteiger partial charge in [0, 0.05) is 9.85 Å². The maximum absolute atomic E-state index is 13.0. The minimum atomic E-state index is -1.06. The second-order valence-electron chi connectivity index (χ2n) is 3.55. The van der Waals surface area contributed by atoms with Crippen molar-refractivity contribution in [3.05, 3.63) is 43.5 Å². The van der Waals surface area contributed by atoms with Crippen LogP contribution in [-0.2, 0) is 6.54 Å². The molecular formula is C11H7BrClFN2O2S. The van der Waals surface area contributed by atoms with Gasteiger partial charge in [-0.15, -0.1) is 11.3 Å². The molecule has 8 heteroatoms. The quantitative estimate of drug-likeness (QED) is 0.859. The summed E-state index contributed by atoms with van der Waals surface area (Å²) in [5.41, 5.74) is 1.11. The SMILES string of the molecule is O=C(O)c1nc(CNc2c(Cl)cc(F)cc2Br)cs1. The first kappa shape index (κ1) is 14.2. The number of hydrogen-bond acceptors (Lipinski definition) is 4. The Morgan fingerprint density at radius 3 is 2.89 bits per heavy atom. The Kier molecular flexibility index (Phi) is 4.38. The van der Waals surface area contributed by atoms with Crippen molar-refractivity contribution in [1.29, 1.82) is 0 Å². The van der Waals surface area contributed by atoms with Crippen LogP contribution in [-0.4, -0.2) is 16.1 Å². The molecule has 0 fully saturated rings. The molecule has 0 atom stereocenters. The van der Waals surface area contributed by atoms with Crippen molar-refractivity contribution in [2.45, 2.75) is 6.54 Å². The molecular weight excluding hydrogens is 359 g/mol. The molecule has 0 spiro atoms. The largest absolute Gasteiger partial charge is 0.476 e. The molecule has 0 unspecified atom stereocenters. The highest BCUT2D eigenvalue weighted by atomic mass is 79.9. The third-order valence-electron chi connectivity index (χ3n) is 2.19. The number of carboxylic acid groups (broad SMARTS) is 1. The van der Waals surface area contributed by atoms with Crippen LogP contribution in [0.5, 0.6) is 0 Å². The van der Waals surface area contributed by atoms with Crippen LogP contribution in [0.3, 0.4) is 0 Å². The molecule has 1 aromatic heterocycles. The summed E-state index contributed by atoms with van der Waals surface area (Å²) in [6.45, 7) is 0.299. The Balaban J connectivity index is 2.12. The van der Waals surface area contributed by atoms with Gasteiger partial charge in [-0.25, -0.2) is 14.2 Å². The molecule has 0 aliphatic rings. The van der Waals surface area contributed by atoms with Gasteiger partial charge in [-0.2, -0.15) is 0 Å². The molecule has 100 valence electrons. The molecule has 2 rings (SSSR count). The van der Waals surface area contributed by atoms with Gasteiger partial charge in [0.25, 0.3) is 0 Å². The van der Waals surface area contributed by atoms with Crippen LogP contribution in [0.1, 0.15) is 15.5 Å². The molecule has 2 N–H and O–H groups in total. The third kappa shape index (κ3) is 3.43. The fourth-order valence-corrected chi connectivity index (χ4v) is 2.99. The molecule has 0 aliphatic heterocycles. The average molecular weight is 366 g/mol. The maximum Gasteiger partial charge on any atom is 0.365 e. The number of nitrogens with zero attached hydrogens (tertiary/aromatic N) is 1. The zero-order chi connectivity index (χ0) is 14.0. The first-order chi connectivity index (χ1) is 8.97. The number of halogens is 3. The zero-order valence-electron chi connectivity index (χ0n) is 9.28. The van der Waals surface area contributed by atoms with E-state index in [0.717, 1.165) is 11.3 Å². The number of aromatic nitrogens is 1. The van der Waals surface area contributed by atoms with Crippen LogP contribution >= 0.6 is 38.9 Å². The molecule has 0 radical (unpaired) electrons. The first-order valence-electron chi connectivity index (χ1n) is 5.03. The fourth-order valence-electron chi connectivity index (χ4n) is 1.38. The Morgan fingerprint density at radius 1 is 1.58 bits per heavy atom. The van der Waals surface area contributed by atoms with Gasteiger partial charge in [0.1, 0.15) is 5.82 Å². The standard InChI is InChI=1S/C11H7BrClFN2O2S/c12-7-1-5(14)2-8(13)9(7)15-3-6-4-19-10(16-6)11(17)18/h1-2,4,15H,3H2,(H,17,18). The summed E-state index contributed by atoms with van der Waals surface area (Å²) < 4.78 is 13.5. The Labute approximate surface area is 125 Å². The molecule has 0 saturated heterocycles. The van der Waals surface area contributed by atoms with Gasteiger partial charge in [-0.05, 0) is 28.1 Å². The number of aromatic carboxylic acids is 1. The molecule has 0 amide bonds. The lowest BCUT2D eigenvalue weighted by atomic mass is 10.3. The smallest absolute Gasteiger partial charge is 0.365 e. The van der Waals surface area contributed by atoms with Crippen molar-refractivity contribution in [3.63, 3.8) is 0 Å². The van der Waals surface area contributed by atoms with Gasteiger partial charge >= 0.3 is 5.97 Å². The third-order valence-corrected chi connectivity index (χ3v) is 3.99. The Hall–Kier alpha value is -1.18. The fraction of sp³-hybridized carbons (Fsp3) is 0.0909. The van der Waals surface area contributed by atoms with Gasteiger partial charge in [0.05, 0.1) is 22.9 Å². The minimum Gasteiger partial charge on any atom is -0.476 e. The van der Waals surface area contributed by atoms with Crippen molar-refractivity contribution in [2.24, 2.45) is 0 Å². The highest BCUT2D eigenvalue weighted by molar-refractivity contribution is 9.10. The Bertz CT molecular complexity index is 612. The summed E-state index contributed by atoms with van der Waals surface area (Å²) in [6, 6.07) is 2.48. The van der Waals surface area contributed by atoms with E-state index < -0.39 is 11.8 Å². The van der Waals surface area contributed by atoms with Gasteiger partial charge in [0.2, 0.25) is 5.01 Å². The summed E-state index contributed by atoms with van der Waals surface area (Å²) in [5, 5.41) is 13.6. The van der Waals surface area contributed by atoms with Crippen molar-refractivity contribution in [1.82, 2.24) is 4.98 Å². The van der Waals surface area contributed by atoms with Gasteiger partial charge in [-0.3, -0.25) is 0 Å². The first-order valence-corrected chi connectivity index (χ1v) is 7.08. The predicted molar refractivity (Wildman–Crippen MR) is 75.5 cm³/mol. The Morgan fingerprint density at radius 2 is 2.32 bits per heavy atom. The number of carboxylic acids is 1. The lowest BCUT2D eigenvalue weighted by Crippen LogP contribution is -2.03. The number of benzene rings is 1. The number of nitrogens with one attached hydrogen (secondary N) is 1. The van der Waals surface area contributed by atoms with E-state index in [1.165, 1.54) is 12.1 Å². The van der Waals surface area contributed by atoms with E-state index in [2.05, 4.69) is 26.2 Å². The van der Waals surface area contributed by atoms with E-state index >= 15 is 0 Å². The second-order valence-corrected chi connectivity index (χ2v) is 5.67. The normalized spacial score (nSPS) is 10.5. The zero-order valence-corrected chi connectivity index (χ0v) is 12.4. The summed E-state index contributed by atoms with van der Waals surface area (Å²) in [5.74, 6) is -1.50. The highest BCUT2D eigenvalue weighted by Gasteiger charge is 2.11. The summed E-state index contributed by atoms with van der Waals surface area (Å²) in [6.07, 6.45) is 0. The van der Waals surface area contributed by atoms with Gasteiger partial charge < -0.3 is 10.4 Å². The maximum atomic E-state index is 13.0. The topological polar surface area (TPSA) is 62.2 Å². The van der Waals surface area contributed by atoms with Crippen LogP contribution in [0.15, 0.2) is 22.0 Å². The predicted octanol–water partition coefficient (Wildman–Crippen LogP) is 4.01. The van der Waals surface area contributed by atoms with Crippen LogP contribution in [0, 0.1) is 5.82 Å². The summed E-state index contributed by atoms with van der Waals surface area (Å²) in [4.78, 5) is 14.6. The number of thiazole rings is 1. The monoisotopic (exact) mass is 364 g/mol. The molecule has 0 aliphatic carbocycles. The molecule has 1 aromatic carbocycles. The van der Waals surface area contributed by atoms with Gasteiger partial charge in [0.15, 0.2) is 0 Å². The van der Waals surface area contributed by atoms with Crippen LogP contribution < -0.4 is 5.32 Å². The van der Waals surface area contributed by atoms with E-state index in [1.807, 2.05) is 0 Å². The average Bonchev–Trinajstić information content (AvgIpc) is 2.76. The van der Waals surface area contributed by atoms with Gasteiger partial charge in [-0.1, -0.05) is 11.6 Å². The van der Waals surface area contributed by atoms with E-state index in [9.17, 15) is 9.18 Å². The van der Waals surface area contributed by atoms with Crippen molar-refractivity contribution in [3.8, 4) is 0 Å². The van der Waals surface area contributed by atoms with E-state index in [-0.39, 0.29) is 10.0 Å². The molecule has 2 aromatic rings. The van der Waals surface area contributed by atoms with Crippen molar-refractivity contribution < 1.29 is 14.3 Å². The number of anilines is 1. The molecule has 0 saturated carbocycles. The summed E-state index contributed by atoms with van der Waals surface area (Å²) in [7, 11) is 0. The number of rotatable bonds is 4. The van der Waals surface area contributed by atoms with Crippen LogP contribution in [0.2, 0.25) is 5.02 Å². The van der Waals surface area contributed by atoms with Crippen molar-refractivity contribution in [2.75, 3.05) is 5.32 Å². The second kappa shape index (κ2) is 5.85. The molecule has 1 heterocycles. The minimum absolute atomic E-state index is 0.0288. The summed E-state index contributed by atoms with van der Waals surface area (Å²) >= 11 is 10.2. The molecule has 19 heavy (non-hydrogen) atoms. The van der Waals surface area contributed by atoms with E-state index in [4.69, 9.17) is 16.7 Å². The molecule has 0 bridgehead atoms. The van der Waals surface area contributed by atoms with E-state index in [1.54, 1.807) is 5.38 Å². The lowest BCUT2D eigenvalue weighted by molar-refractivity contribution is 0.0696. The van der Waals surface area contributed by atoms with E-state index in [0.29, 0.717) is 22.4 Å². The van der Waals surface area contributed by atoms with Crippen molar-refractivity contribution >= 4 is 50.5 Å². The number of carbonyl (C=O) groups is 1.